The van der Waals surface area contributed by atoms with E-state index >= 15 is 0 Å². The fourth-order valence-electron chi connectivity index (χ4n) is 3.17. The lowest BCUT2D eigenvalue weighted by molar-refractivity contribution is 0.102. The third-order valence-corrected chi connectivity index (χ3v) is 5.39. The van der Waals surface area contributed by atoms with Crippen LogP contribution in [0.5, 0.6) is 0 Å². The lowest BCUT2D eigenvalue weighted by Gasteiger charge is -2.00. The predicted molar refractivity (Wildman–Crippen MR) is 108 cm³/mol. The van der Waals surface area contributed by atoms with Crippen molar-refractivity contribution < 1.29 is 4.79 Å². The van der Waals surface area contributed by atoms with Gasteiger partial charge in [-0.15, -0.1) is 11.3 Å². The molecule has 0 aliphatic rings. The Morgan fingerprint density at radius 1 is 1.11 bits per heavy atom. The number of hydrogen-bond acceptors (Lipinski definition) is 4. The minimum Gasteiger partial charge on any atom is -0.342 e. The van der Waals surface area contributed by atoms with E-state index in [2.05, 4.69) is 43.0 Å². The van der Waals surface area contributed by atoms with Crippen molar-refractivity contribution in [2.75, 3.05) is 5.32 Å². The van der Waals surface area contributed by atoms with Crippen LogP contribution >= 0.6 is 11.3 Å². The highest BCUT2D eigenvalue weighted by atomic mass is 32.1. The molecule has 0 bridgehead atoms. The molecule has 3 aromatic heterocycles. The summed E-state index contributed by atoms with van der Waals surface area (Å²) in [5.41, 5.74) is 4.19. The van der Waals surface area contributed by atoms with Crippen LogP contribution in [0.25, 0.3) is 32.6 Å². The number of carbonyl (C=O) groups excluding carboxylic acids is 1. The smallest absolute Gasteiger partial charge is 0.277 e. The van der Waals surface area contributed by atoms with Gasteiger partial charge in [-0.1, -0.05) is 30.3 Å². The molecule has 0 unspecified atom stereocenters. The van der Waals surface area contributed by atoms with Crippen molar-refractivity contribution in [3.8, 4) is 10.7 Å². The molecule has 2 N–H and O–H groups in total. The zero-order chi connectivity index (χ0) is 18.4. The van der Waals surface area contributed by atoms with Crippen molar-refractivity contribution >= 4 is 45.1 Å². The van der Waals surface area contributed by atoms with Gasteiger partial charge in [-0.25, -0.2) is 9.97 Å². The van der Waals surface area contributed by atoms with E-state index in [1.54, 1.807) is 5.38 Å². The zero-order valence-corrected chi connectivity index (χ0v) is 15.2. The molecule has 0 spiro atoms. The lowest BCUT2D eigenvalue weighted by Crippen LogP contribution is -2.13. The number of nitrogens with zero attached hydrogens (tertiary/aromatic N) is 3. The molecule has 2 aromatic carbocycles. The third-order valence-electron chi connectivity index (χ3n) is 4.53. The van der Waals surface area contributed by atoms with Gasteiger partial charge in [0.15, 0.2) is 0 Å². The first-order valence-corrected chi connectivity index (χ1v) is 9.33. The normalized spacial score (nSPS) is 11.3. The maximum absolute atomic E-state index is 12.6. The summed E-state index contributed by atoms with van der Waals surface area (Å²) in [7, 11) is 2.01. The maximum Gasteiger partial charge on any atom is 0.277 e. The molecule has 5 rings (SSSR count). The second-order valence-electron chi connectivity index (χ2n) is 6.24. The highest BCUT2D eigenvalue weighted by Gasteiger charge is 2.16. The van der Waals surface area contributed by atoms with Gasteiger partial charge in [0.05, 0.1) is 16.7 Å². The summed E-state index contributed by atoms with van der Waals surface area (Å²) < 4.78 is 2.09. The van der Waals surface area contributed by atoms with Crippen LogP contribution < -0.4 is 5.32 Å². The minimum absolute atomic E-state index is 0.282. The Morgan fingerprint density at radius 3 is 2.78 bits per heavy atom. The lowest BCUT2D eigenvalue weighted by atomic mass is 10.2. The van der Waals surface area contributed by atoms with Crippen molar-refractivity contribution in [2.45, 2.75) is 0 Å². The molecule has 3 heterocycles. The molecule has 0 aliphatic heterocycles. The summed E-state index contributed by atoms with van der Waals surface area (Å²) in [5.74, 6) is 0.135. The first kappa shape index (κ1) is 15.8. The molecular formula is C20H15N5OS. The maximum atomic E-state index is 12.6. The van der Waals surface area contributed by atoms with Gasteiger partial charge in [-0.3, -0.25) is 10.1 Å². The van der Waals surface area contributed by atoms with Crippen LogP contribution in [-0.2, 0) is 7.05 Å². The van der Waals surface area contributed by atoms with E-state index in [0.717, 1.165) is 32.6 Å². The van der Waals surface area contributed by atoms with E-state index in [1.165, 1.54) is 11.3 Å². The van der Waals surface area contributed by atoms with Crippen molar-refractivity contribution in [2.24, 2.45) is 7.05 Å². The number of fused-ring (bicyclic) bond motifs is 2. The van der Waals surface area contributed by atoms with E-state index in [1.807, 2.05) is 43.4 Å². The number of aromatic nitrogens is 4. The van der Waals surface area contributed by atoms with Crippen LogP contribution in [0.2, 0.25) is 0 Å². The summed E-state index contributed by atoms with van der Waals surface area (Å²) >= 11 is 1.45. The summed E-state index contributed by atoms with van der Waals surface area (Å²) in [6.07, 6.45) is 0. The second kappa shape index (κ2) is 6.07. The average Bonchev–Trinajstić information content (AvgIpc) is 3.38. The van der Waals surface area contributed by atoms with Gasteiger partial charge in [0.1, 0.15) is 10.7 Å². The number of nitrogens with one attached hydrogen (secondary N) is 2. The largest absolute Gasteiger partial charge is 0.342 e. The highest BCUT2D eigenvalue weighted by Crippen LogP contribution is 2.29. The molecule has 5 aromatic rings. The molecule has 6 nitrogen and oxygen atoms in total. The summed E-state index contributed by atoms with van der Waals surface area (Å²) in [4.78, 5) is 24.5. The Kier molecular flexibility index (Phi) is 3.54. The molecule has 0 aliphatic carbocycles. The number of para-hydroxylation sites is 3. The van der Waals surface area contributed by atoms with Gasteiger partial charge in [-0.05, 0) is 24.3 Å². The van der Waals surface area contributed by atoms with Crippen LogP contribution in [0, 0.1) is 0 Å². The fraction of sp³-hybridized carbons (Fsp3) is 0.0500. The molecule has 0 atom stereocenters. The molecular weight excluding hydrogens is 358 g/mol. The van der Waals surface area contributed by atoms with Gasteiger partial charge in [0.2, 0.25) is 5.95 Å². The van der Waals surface area contributed by atoms with Crippen LogP contribution in [0.1, 0.15) is 10.5 Å². The number of hydrogen-bond donors (Lipinski definition) is 2. The second-order valence-corrected chi connectivity index (χ2v) is 7.10. The number of H-pyrrole nitrogens is 1. The molecule has 0 saturated carbocycles. The Labute approximate surface area is 158 Å². The van der Waals surface area contributed by atoms with E-state index < -0.39 is 0 Å². The Balaban J connectivity index is 1.44. The van der Waals surface area contributed by atoms with E-state index in [0.29, 0.717) is 11.6 Å². The Hall–Kier alpha value is -3.45. The van der Waals surface area contributed by atoms with Gasteiger partial charge in [0, 0.05) is 23.3 Å². The highest BCUT2D eigenvalue weighted by molar-refractivity contribution is 7.13. The number of amides is 1. The summed E-state index contributed by atoms with van der Waals surface area (Å²) in [5, 5.41) is 6.51. The van der Waals surface area contributed by atoms with Crippen LogP contribution in [0.15, 0.2) is 60.0 Å². The molecule has 0 fully saturated rings. The van der Waals surface area contributed by atoms with Crippen molar-refractivity contribution in [3.63, 3.8) is 0 Å². The zero-order valence-electron chi connectivity index (χ0n) is 14.4. The van der Waals surface area contributed by atoms with E-state index in [9.17, 15) is 4.79 Å². The van der Waals surface area contributed by atoms with Crippen molar-refractivity contribution in [1.29, 1.82) is 0 Å². The average molecular weight is 373 g/mol. The minimum atomic E-state index is -0.282. The monoisotopic (exact) mass is 373 g/mol. The van der Waals surface area contributed by atoms with Gasteiger partial charge >= 0.3 is 0 Å². The number of benzene rings is 2. The first-order chi connectivity index (χ1) is 13.2. The number of aryl methyl sites for hydroxylation is 1. The molecule has 1 amide bonds. The third kappa shape index (κ3) is 2.69. The standard InChI is InChI=1S/C20H15N5OS/c1-25-16-9-5-2-6-12(16)10-17(25)19-21-15(11-27-19)18(26)24-20-22-13-7-3-4-8-14(13)23-20/h2-11H,1H3,(H2,22,23,24,26). The predicted octanol–water partition coefficient (Wildman–Crippen LogP) is 4.43. The molecule has 0 saturated heterocycles. The van der Waals surface area contributed by atoms with Crippen molar-refractivity contribution in [3.05, 3.63) is 65.7 Å². The summed E-state index contributed by atoms with van der Waals surface area (Å²) in [6.45, 7) is 0. The van der Waals surface area contributed by atoms with Crippen LogP contribution in [0.3, 0.4) is 0 Å². The molecule has 27 heavy (non-hydrogen) atoms. The Bertz CT molecular complexity index is 1260. The molecule has 7 heteroatoms. The van der Waals surface area contributed by atoms with Gasteiger partial charge in [-0.2, -0.15) is 0 Å². The number of rotatable bonds is 3. The van der Waals surface area contributed by atoms with Crippen LogP contribution in [0.4, 0.5) is 5.95 Å². The number of anilines is 1. The van der Waals surface area contributed by atoms with E-state index in [-0.39, 0.29) is 5.91 Å². The number of imidazole rings is 1. The topological polar surface area (TPSA) is 75.6 Å². The number of carbonyl (C=O) groups is 1. The Morgan fingerprint density at radius 2 is 1.93 bits per heavy atom. The fourth-order valence-corrected chi connectivity index (χ4v) is 4.02. The summed E-state index contributed by atoms with van der Waals surface area (Å²) in [6, 6.07) is 17.9. The van der Waals surface area contributed by atoms with Crippen molar-refractivity contribution in [1.82, 2.24) is 19.5 Å². The number of aromatic amines is 1. The quantitative estimate of drug-likeness (QED) is 0.491. The molecule has 0 radical (unpaired) electrons. The molecule has 132 valence electrons. The first-order valence-electron chi connectivity index (χ1n) is 8.45. The van der Waals surface area contributed by atoms with Gasteiger partial charge < -0.3 is 9.55 Å². The van der Waals surface area contributed by atoms with E-state index in [4.69, 9.17) is 0 Å². The van der Waals surface area contributed by atoms with Gasteiger partial charge in [0.25, 0.3) is 5.91 Å². The number of thiazole rings is 1. The SMILES string of the molecule is Cn1c(-c2nc(C(=O)Nc3nc4ccccc4[nH]3)cs2)cc2ccccc21. The van der Waals surface area contributed by atoms with Crippen LogP contribution in [-0.4, -0.2) is 25.4 Å².